The lowest BCUT2D eigenvalue weighted by molar-refractivity contribution is -0.148. The number of likely N-dealkylation sites (tertiary alicyclic amines) is 1. The summed E-state index contributed by atoms with van der Waals surface area (Å²) in [4.78, 5) is 27.3. The van der Waals surface area contributed by atoms with Crippen molar-refractivity contribution in [2.24, 2.45) is 11.8 Å². The lowest BCUT2D eigenvalue weighted by Gasteiger charge is -2.29. The molecular formula is C18H19NO3. The van der Waals surface area contributed by atoms with Crippen molar-refractivity contribution < 1.29 is 14.3 Å². The Balaban J connectivity index is 1.74. The van der Waals surface area contributed by atoms with Crippen LogP contribution in [0, 0.1) is 11.8 Å². The Morgan fingerprint density at radius 3 is 2.00 bits per heavy atom. The second-order valence-corrected chi connectivity index (χ2v) is 6.89. The zero-order chi connectivity index (χ0) is 15.7. The predicted octanol–water partition coefficient (Wildman–Crippen LogP) is 2.47. The fourth-order valence-corrected chi connectivity index (χ4v) is 4.32. The zero-order valence-corrected chi connectivity index (χ0v) is 12.9. The van der Waals surface area contributed by atoms with E-state index < -0.39 is 23.0 Å². The monoisotopic (exact) mass is 297 g/mol. The maximum Gasteiger partial charge on any atom is 0.237 e. The van der Waals surface area contributed by atoms with E-state index in [4.69, 9.17) is 4.74 Å². The average Bonchev–Trinajstić information content (AvgIpc) is 3.04. The number of imide groups is 1. The maximum atomic E-state index is 12.9. The highest BCUT2D eigenvalue weighted by Crippen LogP contribution is 2.57. The molecule has 0 radical (unpaired) electrons. The summed E-state index contributed by atoms with van der Waals surface area (Å²) >= 11 is 0. The van der Waals surface area contributed by atoms with Crippen LogP contribution in [-0.2, 0) is 14.3 Å². The Bertz CT molecular complexity index is 662. The van der Waals surface area contributed by atoms with Gasteiger partial charge in [-0.05, 0) is 26.3 Å². The molecule has 2 fully saturated rings. The quantitative estimate of drug-likeness (QED) is 0.622. The van der Waals surface area contributed by atoms with E-state index in [2.05, 4.69) is 0 Å². The largest absolute Gasteiger partial charge is 0.359 e. The molecule has 0 aliphatic carbocycles. The fourth-order valence-electron chi connectivity index (χ4n) is 4.32. The van der Waals surface area contributed by atoms with Gasteiger partial charge in [-0.1, -0.05) is 42.5 Å². The molecule has 4 rings (SSSR count). The van der Waals surface area contributed by atoms with Gasteiger partial charge in [-0.15, -0.1) is 0 Å². The van der Waals surface area contributed by atoms with Crippen molar-refractivity contribution in [3.8, 4) is 0 Å². The Kier molecular flexibility index (Phi) is 2.54. The minimum absolute atomic E-state index is 0.109. The minimum atomic E-state index is -0.655. The summed E-state index contributed by atoms with van der Waals surface area (Å²) in [7, 11) is 0. The highest BCUT2D eigenvalue weighted by Gasteiger charge is 2.70. The van der Waals surface area contributed by atoms with E-state index >= 15 is 0 Å². The number of nitrogens with zero attached hydrogens (tertiary/aromatic N) is 1. The first-order valence-corrected chi connectivity index (χ1v) is 7.70. The first-order chi connectivity index (χ1) is 10.4. The number of fused-ring (bicyclic) bond motifs is 5. The molecular weight excluding hydrogens is 278 g/mol. The molecule has 0 unspecified atom stereocenters. The topological polar surface area (TPSA) is 46.6 Å². The third-order valence-electron chi connectivity index (χ3n) is 5.43. The molecule has 1 aromatic rings. The summed E-state index contributed by atoms with van der Waals surface area (Å²) in [6.07, 6.45) is 3.88. The molecule has 1 aromatic carbocycles. The van der Waals surface area contributed by atoms with Crippen molar-refractivity contribution in [2.75, 3.05) is 0 Å². The molecule has 3 aliphatic rings. The van der Waals surface area contributed by atoms with E-state index in [1.165, 1.54) is 4.90 Å². The number of ether oxygens (including phenoxy) is 1. The molecule has 2 saturated heterocycles. The van der Waals surface area contributed by atoms with Crippen molar-refractivity contribution in [2.45, 2.75) is 38.0 Å². The van der Waals surface area contributed by atoms with Crippen LogP contribution < -0.4 is 0 Å². The summed E-state index contributed by atoms with van der Waals surface area (Å²) in [6, 6.07) is 9.43. The molecule has 0 N–H and O–H groups in total. The average molecular weight is 297 g/mol. The van der Waals surface area contributed by atoms with Gasteiger partial charge in [0.2, 0.25) is 11.8 Å². The van der Waals surface area contributed by atoms with E-state index in [0.717, 1.165) is 5.56 Å². The van der Waals surface area contributed by atoms with Crippen LogP contribution >= 0.6 is 0 Å². The number of carbonyl (C=O) groups excluding carboxylic acids is 2. The molecule has 3 heterocycles. The van der Waals surface area contributed by atoms with Crippen LogP contribution in [0.2, 0.25) is 0 Å². The Morgan fingerprint density at radius 1 is 1.00 bits per heavy atom. The van der Waals surface area contributed by atoms with Gasteiger partial charge in [0.15, 0.2) is 0 Å². The van der Waals surface area contributed by atoms with Gasteiger partial charge in [0.1, 0.15) is 0 Å². The molecule has 5 atom stereocenters. The summed E-state index contributed by atoms with van der Waals surface area (Å²) in [6.45, 7) is 5.72. The van der Waals surface area contributed by atoms with Gasteiger partial charge in [0.05, 0.1) is 29.1 Å². The number of amides is 2. The molecule has 22 heavy (non-hydrogen) atoms. The summed E-state index contributed by atoms with van der Waals surface area (Å²) in [5, 5.41) is 0. The summed E-state index contributed by atoms with van der Waals surface area (Å²) in [5.41, 5.74) is -0.338. The third-order valence-corrected chi connectivity index (χ3v) is 5.43. The molecule has 0 aromatic heterocycles. The van der Waals surface area contributed by atoms with Crippen LogP contribution in [0.5, 0.6) is 0 Å². The van der Waals surface area contributed by atoms with E-state index in [-0.39, 0.29) is 17.9 Å². The number of rotatable bonds is 2. The highest BCUT2D eigenvalue weighted by molar-refractivity contribution is 6.08. The first-order valence-electron chi connectivity index (χ1n) is 7.70. The van der Waals surface area contributed by atoms with Gasteiger partial charge in [-0.2, -0.15) is 0 Å². The number of hydrogen-bond donors (Lipinski definition) is 0. The van der Waals surface area contributed by atoms with Gasteiger partial charge in [0.25, 0.3) is 0 Å². The van der Waals surface area contributed by atoms with Crippen molar-refractivity contribution >= 4 is 11.8 Å². The maximum absolute atomic E-state index is 12.9. The SMILES string of the molecule is C[C@@H](c1ccccc1)N1C(=O)[C@@H]2[C@H](C1=O)[C@]1(C)C=C[C@@]2(C)O1. The van der Waals surface area contributed by atoms with E-state index in [9.17, 15) is 9.59 Å². The van der Waals surface area contributed by atoms with Gasteiger partial charge >= 0.3 is 0 Å². The highest BCUT2D eigenvalue weighted by atomic mass is 16.5. The second kappa shape index (κ2) is 4.07. The molecule has 2 amide bonds. The molecule has 3 aliphatic heterocycles. The third kappa shape index (κ3) is 1.51. The summed E-state index contributed by atoms with van der Waals surface area (Å²) in [5.74, 6) is -1.02. The van der Waals surface area contributed by atoms with Gasteiger partial charge < -0.3 is 4.74 Å². The van der Waals surface area contributed by atoms with Crippen LogP contribution in [0.1, 0.15) is 32.4 Å². The molecule has 4 nitrogen and oxygen atoms in total. The van der Waals surface area contributed by atoms with E-state index in [0.29, 0.717) is 0 Å². The number of hydrogen-bond acceptors (Lipinski definition) is 3. The Hall–Kier alpha value is -1.94. The van der Waals surface area contributed by atoms with Crippen LogP contribution in [-0.4, -0.2) is 27.9 Å². The first kappa shape index (κ1) is 13.7. The van der Waals surface area contributed by atoms with E-state index in [1.54, 1.807) is 0 Å². The number of benzene rings is 1. The zero-order valence-electron chi connectivity index (χ0n) is 12.9. The predicted molar refractivity (Wildman–Crippen MR) is 80.7 cm³/mol. The normalized spacial score (nSPS) is 40.4. The lowest BCUT2D eigenvalue weighted by atomic mass is 9.73. The van der Waals surface area contributed by atoms with Crippen molar-refractivity contribution in [1.29, 1.82) is 0 Å². The van der Waals surface area contributed by atoms with Gasteiger partial charge in [-0.3, -0.25) is 14.5 Å². The fraction of sp³-hybridized carbons (Fsp3) is 0.444. The minimum Gasteiger partial charge on any atom is -0.359 e. The second-order valence-electron chi connectivity index (χ2n) is 6.89. The lowest BCUT2D eigenvalue weighted by Crippen LogP contribution is -2.40. The number of carbonyl (C=O) groups is 2. The van der Waals surface area contributed by atoms with Crippen molar-refractivity contribution in [1.82, 2.24) is 4.90 Å². The smallest absolute Gasteiger partial charge is 0.237 e. The standard InChI is InChI=1S/C18H19NO3/c1-11(12-7-5-4-6-8-12)19-15(20)13-14(16(19)21)18(3)10-9-17(13,2)22-18/h4-11,13-14H,1-3H3/t11-,13-,14+,17+,18-/m0/s1. The van der Waals surface area contributed by atoms with Crippen LogP contribution in [0.25, 0.3) is 0 Å². The molecule has 0 saturated carbocycles. The van der Waals surface area contributed by atoms with Gasteiger partial charge in [-0.25, -0.2) is 0 Å². The van der Waals surface area contributed by atoms with Crippen molar-refractivity contribution in [3.63, 3.8) is 0 Å². The molecule has 114 valence electrons. The molecule has 2 bridgehead atoms. The Morgan fingerprint density at radius 2 is 1.50 bits per heavy atom. The van der Waals surface area contributed by atoms with Crippen molar-refractivity contribution in [3.05, 3.63) is 48.0 Å². The van der Waals surface area contributed by atoms with Gasteiger partial charge in [0, 0.05) is 0 Å². The summed E-state index contributed by atoms with van der Waals surface area (Å²) < 4.78 is 6.01. The van der Waals surface area contributed by atoms with Crippen LogP contribution in [0.3, 0.4) is 0 Å². The molecule has 0 spiro atoms. The van der Waals surface area contributed by atoms with E-state index in [1.807, 2.05) is 63.3 Å². The Labute approximate surface area is 129 Å². The van der Waals surface area contributed by atoms with Crippen LogP contribution in [0.4, 0.5) is 0 Å². The molecule has 4 heteroatoms. The van der Waals surface area contributed by atoms with Crippen LogP contribution in [0.15, 0.2) is 42.5 Å².